The number of amides is 1. The van der Waals surface area contributed by atoms with E-state index in [1.807, 2.05) is 39.0 Å². The molecule has 2 atom stereocenters. The molecule has 1 aliphatic rings. The Kier molecular flexibility index (Phi) is 5.33. The lowest BCUT2D eigenvalue weighted by Gasteiger charge is -2.37. The van der Waals surface area contributed by atoms with Crippen LogP contribution in [0.5, 0.6) is 0 Å². The van der Waals surface area contributed by atoms with Crippen molar-refractivity contribution >= 4 is 6.09 Å². The van der Waals surface area contributed by atoms with Gasteiger partial charge < -0.3 is 15.4 Å². The predicted octanol–water partition coefficient (Wildman–Crippen LogP) is 4.41. The zero-order valence-corrected chi connectivity index (χ0v) is 15.8. The van der Waals surface area contributed by atoms with Crippen molar-refractivity contribution < 1.29 is 9.53 Å². The van der Waals surface area contributed by atoms with Crippen LogP contribution in [0.2, 0.25) is 0 Å². The average molecular weight is 352 g/mol. The first-order valence-corrected chi connectivity index (χ1v) is 9.22. The molecule has 4 nitrogen and oxygen atoms in total. The highest BCUT2D eigenvalue weighted by Gasteiger charge is 2.32. The number of nitrogens with two attached hydrogens (primary N) is 1. The lowest BCUT2D eigenvalue weighted by Crippen LogP contribution is -2.50. The lowest BCUT2D eigenvalue weighted by molar-refractivity contribution is 0.0186. The van der Waals surface area contributed by atoms with Gasteiger partial charge in [0.05, 0.1) is 0 Å². The number of likely N-dealkylation sites (tertiary alicyclic amines) is 1. The number of benzene rings is 2. The second kappa shape index (κ2) is 7.50. The van der Waals surface area contributed by atoms with E-state index in [1.165, 1.54) is 16.7 Å². The van der Waals surface area contributed by atoms with Gasteiger partial charge in [0.2, 0.25) is 0 Å². The minimum absolute atomic E-state index is 0.0951. The largest absolute Gasteiger partial charge is 0.444 e. The number of carbonyl (C=O) groups excluding carboxylic acids is 1. The summed E-state index contributed by atoms with van der Waals surface area (Å²) in [5.41, 5.74) is 9.60. The monoisotopic (exact) mass is 352 g/mol. The van der Waals surface area contributed by atoms with Crippen LogP contribution in [0.1, 0.15) is 38.7 Å². The normalized spacial score (nSPS) is 20.7. The molecule has 0 aliphatic carbocycles. The van der Waals surface area contributed by atoms with Crippen molar-refractivity contribution in [3.63, 3.8) is 0 Å². The van der Waals surface area contributed by atoms with Crippen LogP contribution in [0.15, 0.2) is 54.6 Å². The summed E-state index contributed by atoms with van der Waals surface area (Å²) in [5.74, 6) is 0.248. The van der Waals surface area contributed by atoms with Crippen LogP contribution in [-0.2, 0) is 4.74 Å². The molecular weight excluding hydrogens is 324 g/mol. The fourth-order valence-electron chi connectivity index (χ4n) is 3.47. The molecule has 1 saturated heterocycles. The zero-order valence-electron chi connectivity index (χ0n) is 15.8. The van der Waals surface area contributed by atoms with Gasteiger partial charge in [-0.05, 0) is 43.9 Å². The Morgan fingerprint density at radius 2 is 1.77 bits per heavy atom. The van der Waals surface area contributed by atoms with Gasteiger partial charge in [-0.3, -0.25) is 0 Å². The number of carbonyl (C=O) groups is 1. The molecule has 0 spiro atoms. The number of hydrogen-bond acceptors (Lipinski definition) is 3. The average Bonchev–Trinajstić information content (AvgIpc) is 2.61. The van der Waals surface area contributed by atoms with E-state index >= 15 is 0 Å². The van der Waals surface area contributed by atoms with E-state index in [4.69, 9.17) is 10.5 Å². The third kappa shape index (κ3) is 4.44. The second-order valence-corrected chi connectivity index (χ2v) is 7.98. The van der Waals surface area contributed by atoms with Crippen molar-refractivity contribution in [1.82, 2.24) is 4.90 Å². The molecule has 3 rings (SSSR count). The highest BCUT2D eigenvalue weighted by atomic mass is 16.6. The second-order valence-electron chi connectivity index (χ2n) is 7.98. The highest BCUT2D eigenvalue weighted by Crippen LogP contribution is 2.31. The van der Waals surface area contributed by atoms with Crippen molar-refractivity contribution in [2.24, 2.45) is 5.73 Å². The molecule has 0 radical (unpaired) electrons. The van der Waals surface area contributed by atoms with Gasteiger partial charge in [-0.15, -0.1) is 0 Å². The molecule has 4 heteroatoms. The van der Waals surface area contributed by atoms with Crippen LogP contribution >= 0.6 is 0 Å². The maximum Gasteiger partial charge on any atom is 0.410 e. The third-order valence-corrected chi connectivity index (χ3v) is 4.73. The van der Waals surface area contributed by atoms with Crippen molar-refractivity contribution in [2.45, 2.75) is 44.8 Å². The summed E-state index contributed by atoms with van der Waals surface area (Å²) in [5, 5.41) is 0. The molecule has 0 aromatic heterocycles. The van der Waals surface area contributed by atoms with Crippen LogP contribution in [0.3, 0.4) is 0 Å². The zero-order chi connectivity index (χ0) is 18.7. The van der Waals surface area contributed by atoms with Crippen LogP contribution < -0.4 is 5.73 Å². The first-order chi connectivity index (χ1) is 12.3. The molecule has 2 aromatic rings. The SMILES string of the molecule is CC(C)(C)OC(=O)N1CCC(c2cccc(-c3ccccc3)c2)[C@@H](N)C1. The molecule has 138 valence electrons. The number of nitrogens with zero attached hydrogens (tertiary/aromatic N) is 1. The molecule has 1 fully saturated rings. The van der Waals surface area contributed by atoms with Crippen LogP contribution in [0, 0.1) is 0 Å². The Hall–Kier alpha value is -2.33. The standard InChI is InChI=1S/C22H28N2O2/c1-22(2,3)26-21(25)24-13-12-19(20(23)15-24)18-11-7-10-17(14-18)16-8-5-4-6-9-16/h4-11,14,19-20H,12-13,15,23H2,1-3H3/t19?,20-/m0/s1. The van der Waals surface area contributed by atoms with Crippen LogP contribution in [0.25, 0.3) is 11.1 Å². The Bertz CT molecular complexity index is 752. The molecule has 1 unspecified atom stereocenters. The summed E-state index contributed by atoms with van der Waals surface area (Å²) in [4.78, 5) is 14.0. The van der Waals surface area contributed by atoms with Crippen molar-refractivity contribution in [2.75, 3.05) is 13.1 Å². The maximum atomic E-state index is 12.3. The van der Waals surface area contributed by atoms with Gasteiger partial charge >= 0.3 is 6.09 Å². The smallest absolute Gasteiger partial charge is 0.410 e. The van der Waals surface area contributed by atoms with E-state index < -0.39 is 5.60 Å². The van der Waals surface area contributed by atoms with Gasteiger partial charge in [0.1, 0.15) is 5.60 Å². The molecule has 0 saturated carbocycles. The Morgan fingerprint density at radius 3 is 2.42 bits per heavy atom. The summed E-state index contributed by atoms with van der Waals surface area (Å²) in [6.07, 6.45) is 0.572. The molecular formula is C22H28N2O2. The Labute approximate surface area is 156 Å². The number of piperidine rings is 1. The summed E-state index contributed by atoms with van der Waals surface area (Å²) in [6.45, 7) is 6.84. The number of ether oxygens (including phenoxy) is 1. The lowest BCUT2D eigenvalue weighted by atomic mass is 9.84. The summed E-state index contributed by atoms with van der Waals surface area (Å²) < 4.78 is 5.47. The molecule has 0 bridgehead atoms. The first kappa shape index (κ1) is 18.5. The van der Waals surface area contributed by atoms with E-state index in [2.05, 4.69) is 36.4 Å². The van der Waals surface area contributed by atoms with Crippen LogP contribution in [0.4, 0.5) is 4.79 Å². The fraction of sp³-hybridized carbons (Fsp3) is 0.409. The van der Waals surface area contributed by atoms with E-state index in [-0.39, 0.29) is 18.1 Å². The fourth-order valence-corrected chi connectivity index (χ4v) is 3.47. The minimum atomic E-state index is -0.484. The molecule has 1 heterocycles. The van der Waals surface area contributed by atoms with E-state index in [1.54, 1.807) is 4.90 Å². The van der Waals surface area contributed by atoms with E-state index in [0.717, 1.165) is 6.42 Å². The van der Waals surface area contributed by atoms with Gasteiger partial charge in [-0.1, -0.05) is 54.6 Å². The molecule has 2 N–H and O–H groups in total. The van der Waals surface area contributed by atoms with E-state index in [0.29, 0.717) is 13.1 Å². The van der Waals surface area contributed by atoms with Gasteiger partial charge in [0.15, 0.2) is 0 Å². The summed E-state index contributed by atoms with van der Waals surface area (Å²) >= 11 is 0. The van der Waals surface area contributed by atoms with Crippen molar-refractivity contribution in [3.8, 4) is 11.1 Å². The highest BCUT2D eigenvalue weighted by molar-refractivity contribution is 5.68. The summed E-state index contributed by atoms with van der Waals surface area (Å²) in [6, 6.07) is 18.8. The predicted molar refractivity (Wildman–Crippen MR) is 105 cm³/mol. The molecule has 26 heavy (non-hydrogen) atoms. The van der Waals surface area contributed by atoms with Gasteiger partial charge in [-0.2, -0.15) is 0 Å². The van der Waals surface area contributed by atoms with Crippen molar-refractivity contribution in [1.29, 1.82) is 0 Å². The van der Waals surface area contributed by atoms with Gasteiger partial charge in [0.25, 0.3) is 0 Å². The van der Waals surface area contributed by atoms with Gasteiger partial charge in [-0.25, -0.2) is 4.79 Å². The van der Waals surface area contributed by atoms with Crippen LogP contribution in [-0.4, -0.2) is 35.7 Å². The minimum Gasteiger partial charge on any atom is -0.444 e. The number of rotatable bonds is 2. The topological polar surface area (TPSA) is 55.6 Å². The Balaban J connectivity index is 1.71. The molecule has 1 amide bonds. The number of hydrogen-bond donors (Lipinski definition) is 1. The first-order valence-electron chi connectivity index (χ1n) is 9.22. The quantitative estimate of drug-likeness (QED) is 0.871. The third-order valence-electron chi connectivity index (χ3n) is 4.73. The molecule has 2 aromatic carbocycles. The summed E-state index contributed by atoms with van der Waals surface area (Å²) in [7, 11) is 0. The molecule has 1 aliphatic heterocycles. The van der Waals surface area contributed by atoms with Gasteiger partial charge in [0, 0.05) is 25.0 Å². The Morgan fingerprint density at radius 1 is 1.08 bits per heavy atom. The van der Waals surface area contributed by atoms with Crippen molar-refractivity contribution in [3.05, 3.63) is 60.2 Å². The van der Waals surface area contributed by atoms with E-state index in [9.17, 15) is 4.79 Å². The maximum absolute atomic E-state index is 12.3.